The molecule has 0 radical (unpaired) electrons. The molecule has 2 rings (SSSR count). The molecule has 0 spiro atoms. The largest absolute Gasteiger partial charge is 0.392 e. The van der Waals surface area contributed by atoms with Crippen molar-refractivity contribution < 1.29 is 14.4 Å². The smallest absolute Gasteiger partial charge is 0.273 e. The number of nitrogens with zero attached hydrogens (tertiary/aromatic N) is 2. The number of aliphatic hydroxyl groups is 1. The Hall–Kier alpha value is -1.40. The van der Waals surface area contributed by atoms with E-state index in [0.717, 1.165) is 38.9 Å². The quantitative estimate of drug-likeness (QED) is 0.809. The summed E-state index contributed by atoms with van der Waals surface area (Å²) >= 11 is 0. The van der Waals surface area contributed by atoms with E-state index in [0.29, 0.717) is 18.2 Å². The van der Waals surface area contributed by atoms with Gasteiger partial charge in [-0.2, -0.15) is 0 Å². The highest BCUT2D eigenvalue weighted by Crippen LogP contribution is 2.17. The molecule has 0 aliphatic carbocycles. The first-order chi connectivity index (χ1) is 9.69. The van der Waals surface area contributed by atoms with Crippen LogP contribution in [0.4, 0.5) is 0 Å². The summed E-state index contributed by atoms with van der Waals surface area (Å²) in [4.78, 5) is 14.0. The number of rotatable bonds is 6. The monoisotopic (exact) mass is 281 g/mol. The van der Waals surface area contributed by atoms with Crippen LogP contribution in [0.25, 0.3) is 0 Å². The van der Waals surface area contributed by atoms with E-state index in [1.165, 1.54) is 6.26 Å². The summed E-state index contributed by atoms with van der Waals surface area (Å²) < 4.78 is 4.65. The van der Waals surface area contributed by atoms with Gasteiger partial charge in [-0.15, -0.1) is 0 Å². The minimum atomic E-state index is -0.224. The Morgan fingerprint density at radius 3 is 2.95 bits per heavy atom. The first kappa shape index (κ1) is 15.0. The van der Waals surface area contributed by atoms with Crippen LogP contribution in [0.15, 0.2) is 16.9 Å². The third-order valence-electron chi connectivity index (χ3n) is 3.87. The Kier molecular flexibility index (Phi) is 5.55. The van der Waals surface area contributed by atoms with Gasteiger partial charge < -0.3 is 19.8 Å². The number of amides is 1. The lowest BCUT2D eigenvalue weighted by Crippen LogP contribution is -2.41. The van der Waals surface area contributed by atoms with E-state index < -0.39 is 0 Å². The number of aliphatic hydroxyl groups excluding tert-OH is 1. The van der Waals surface area contributed by atoms with Crippen LogP contribution in [0.2, 0.25) is 0 Å². The summed E-state index contributed by atoms with van der Waals surface area (Å²) in [5.41, 5.74) is 0.327. The van der Waals surface area contributed by atoms with Gasteiger partial charge in [-0.1, -0.05) is 12.1 Å². The van der Waals surface area contributed by atoms with Gasteiger partial charge in [0.1, 0.15) is 6.26 Å². The summed E-state index contributed by atoms with van der Waals surface area (Å²) in [6, 6.07) is 1.56. The molecular weight excluding hydrogens is 258 g/mol. The maximum Gasteiger partial charge on any atom is 0.273 e. The van der Waals surface area contributed by atoms with Crippen molar-refractivity contribution >= 4 is 5.91 Å². The number of nitrogens with one attached hydrogen (secondary N) is 1. The average Bonchev–Trinajstić information content (AvgIpc) is 3.00. The second kappa shape index (κ2) is 7.40. The fourth-order valence-electron chi connectivity index (χ4n) is 2.46. The summed E-state index contributed by atoms with van der Waals surface area (Å²) in [7, 11) is 0. The molecule has 6 heteroatoms. The number of carbonyl (C=O) groups excluding carboxylic acids is 1. The Morgan fingerprint density at radius 2 is 2.35 bits per heavy atom. The molecule has 2 heterocycles. The maximum absolute atomic E-state index is 11.7. The molecule has 1 amide bonds. The number of likely N-dealkylation sites (tertiary alicyclic amines) is 1. The number of carbonyl (C=O) groups is 1. The van der Waals surface area contributed by atoms with Crippen LogP contribution in [0, 0.1) is 5.92 Å². The summed E-state index contributed by atoms with van der Waals surface area (Å²) in [5, 5.41) is 16.1. The van der Waals surface area contributed by atoms with Gasteiger partial charge >= 0.3 is 0 Å². The van der Waals surface area contributed by atoms with Crippen LogP contribution in [-0.4, -0.2) is 53.4 Å². The molecule has 112 valence electrons. The van der Waals surface area contributed by atoms with Crippen molar-refractivity contribution in [3.05, 3.63) is 18.0 Å². The second-order valence-corrected chi connectivity index (χ2v) is 5.40. The van der Waals surface area contributed by atoms with Crippen molar-refractivity contribution in [3.8, 4) is 0 Å². The van der Waals surface area contributed by atoms with Crippen molar-refractivity contribution in [1.82, 2.24) is 15.4 Å². The zero-order chi connectivity index (χ0) is 14.4. The molecule has 0 bridgehead atoms. The molecule has 2 N–H and O–H groups in total. The number of aromatic nitrogens is 1. The van der Waals surface area contributed by atoms with Crippen molar-refractivity contribution in [2.45, 2.75) is 32.3 Å². The van der Waals surface area contributed by atoms with E-state index >= 15 is 0 Å². The van der Waals surface area contributed by atoms with Crippen LogP contribution in [0.1, 0.15) is 36.7 Å². The standard InChI is InChI=1S/C14H23N3O3/c1-2-12(18)10-17-6-3-11(4-7-17)9-15-14(19)13-5-8-20-16-13/h5,8,11-12,18H,2-4,6-7,9-10H2,1H3,(H,15,19). The molecule has 1 fully saturated rings. The van der Waals surface area contributed by atoms with Crippen molar-refractivity contribution in [1.29, 1.82) is 0 Å². The van der Waals surface area contributed by atoms with Crippen LogP contribution in [0.3, 0.4) is 0 Å². The lowest BCUT2D eigenvalue weighted by atomic mass is 9.96. The fourth-order valence-corrected chi connectivity index (χ4v) is 2.46. The minimum Gasteiger partial charge on any atom is -0.392 e. The van der Waals surface area contributed by atoms with Gasteiger partial charge in [-0.25, -0.2) is 0 Å². The first-order valence-electron chi connectivity index (χ1n) is 7.28. The second-order valence-electron chi connectivity index (χ2n) is 5.40. The molecule has 1 aromatic heterocycles. The number of β-amino-alcohol motifs (C(OH)–C–C–N with tert-alkyl or cyclic N) is 1. The van der Waals surface area contributed by atoms with Crippen LogP contribution >= 0.6 is 0 Å². The molecule has 20 heavy (non-hydrogen) atoms. The number of piperidine rings is 1. The van der Waals surface area contributed by atoms with Gasteiger partial charge in [0.05, 0.1) is 6.10 Å². The molecule has 1 aromatic rings. The Bertz CT molecular complexity index is 400. The topological polar surface area (TPSA) is 78.6 Å². The third kappa shape index (κ3) is 4.31. The summed E-state index contributed by atoms with van der Waals surface area (Å²) in [6.45, 7) is 5.41. The Morgan fingerprint density at radius 1 is 1.60 bits per heavy atom. The zero-order valence-corrected chi connectivity index (χ0v) is 11.9. The predicted molar refractivity (Wildman–Crippen MR) is 74.3 cm³/mol. The lowest BCUT2D eigenvalue weighted by molar-refractivity contribution is 0.0834. The van der Waals surface area contributed by atoms with Gasteiger partial charge in [0.2, 0.25) is 0 Å². The van der Waals surface area contributed by atoms with Crippen molar-refractivity contribution in [2.75, 3.05) is 26.2 Å². The highest BCUT2D eigenvalue weighted by Gasteiger charge is 2.21. The predicted octanol–water partition coefficient (Wildman–Crippen LogP) is 0.887. The van der Waals surface area contributed by atoms with Crippen molar-refractivity contribution in [3.63, 3.8) is 0 Å². The SMILES string of the molecule is CCC(O)CN1CCC(CNC(=O)c2ccon2)CC1. The highest BCUT2D eigenvalue weighted by atomic mass is 16.5. The molecule has 0 saturated carbocycles. The highest BCUT2D eigenvalue weighted by molar-refractivity contribution is 5.91. The fraction of sp³-hybridized carbons (Fsp3) is 0.714. The molecular formula is C14H23N3O3. The van der Waals surface area contributed by atoms with E-state index in [9.17, 15) is 9.90 Å². The van der Waals surface area contributed by atoms with E-state index in [1.807, 2.05) is 6.92 Å². The molecule has 1 saturated heterocycles. The van der Waals surface area contributed by atoms with Crippen LogP contribution in [0.5, 0.6) is 0 Å². The van der Waals surface area contributed by atoms with Gasteiger partial charge in [0, 0.05) is 19.2 Å². The lowest BCUT2D eigenvalue weighted by Gasteiger charge is -2.33. The zero-order valence-electron chi connectivity index (χ0n) is 11.9. The Balaban J connectivity index is 1.66. The summed E-state index contributed by atoms with van der Waals surface area (Å²) in [5.74, 6) is 0.323. The van der Waals surface area contributed by atoms with E-state index in [4.69, 9.17) is 0 Å². The minimum absolute atomic E-state index is 0.178. The average molecular weight is 281 g/mol. The molecule has 1 aliphatic rings. The van der Waals surface area contributed by atoms with Gasteiger partial charge in [-0.3, -0.25) is 4.79 Å². The maximum atomic E-state index is 11.7. The molecule has 0 aromatic carbocycles. The van der Waals surface area contributed by atoms with E-state index in [-0.39, 0.29) is 12.0 Å². The number of hydrogen-bond acceptors (Lipinski definition) is 5. The third-order valence-corrected chi connectivity index (χ3v) is 3.87. The van der Waals surface area contributed by atoms with E-state index in [2.05, 4.69) is 19.9 Å². The van der Waals surface area contributed by atoms with Gasteiger partial charge in [0.15, 0.2) is 5.69 Å². The molecule has 1 aliphatic heterocycles. The normalized spacial score (nSPS) is 18.9. The molecule has 1 atom stereocenters. The van der Waals surface area contributed by atoms with Crippen LogP contribution in [-0.2, 0) is 0 Å². The van der Waals surface area contributed by atoms with Crippen LogP contribution < -0.4 is 5.32 Å². The molecule has 1 unspecified atom stereocenters. The van der Waals surface area contributed by atoms with Gasteiger partial charge in [0.25, 0.3) is 5.91 Å². The summed E-state index contributed by atoms with van der Waals surface area (Å²) in [6.07, 6.45) is 4.07. The molecule has 6 nitrogen and oxygen atoms in total. The Labute approximate surface area is 119 Å². The van der Waals surface area contributed by atoms with E-state index in [1.54, 1.807) is 6.07 Å². The van der Waals surface area contributed by atoms with Gasteiger partial charge in [-0.05, 0) is 38.3 Å². The first-order valence-corrected chi connectivity index (χ1v) is 7.28. The number of hydrogen-bond donors (Lipinski definition) is 2. The van der Waals surface area contributed by atoms with Crippen molar-refractivity contribution in [2.24, 2.45) is 5.92 Å².